The van der Waals surface area contributed by atoms with E-state index in [-0.39, 0.29) is 5.91 Å². The fourth-order valence-electron chi connectivity index (χ4n) is 4.20. The van der Waals surface area contributed by atoms with Gasteiger partial charge in [-0.2, -0.15) is 0 Å². The molecular weight excluding hydrogens is 374 g/mol. The molecule has 1 saturated heterocycles. The average Bonchev–Trinajstić information content (AvgIpc) is 3.22. The van der Waals surface area contributed by atoms with Crippen LogP contribution in [0.2, 0.25) is 0 Å². The number of anilines is 1. The first-order valence-electron chi connectivity index (χ1n) is 10.9. The molecule has 0 spiro atoms. The zero-order valence-corrected chi connectivity index (χ0v) is 17.7. The molecule has 0 aromatic heterocycles. The molecule has 4 rings (SSSR count). The molecule has 30 heavy (non-hydrogen) atoms. The maximum absolute atomic E-state index is 11.9. The van der Waals surface area contributed by atoms with Crippen LogP contribution in [0.1, 0.15) is 29.5 Å². The van der Waals surface area contributed by atoms with Crippen molar-refractivity contribution in [2.45, 2.75) is 32.4 Å². The number of nitrogens with zero attached hydrogens (tertiary/aromatic N) is 3. The quantitative estimate of drug-likeness (QED) is 0.573. The summed E-state index contributed by atoms with van der Waals surface area (Å²) in [6, 6.07) is 17.0. The summed E-state index contributed by atoms with van der Waals surface area (Å²) in [5.74, 6) is 1.04. The van der Waals surface area contributed by atoms with Crippen LogP contribution >= 0.6 is 0 Å². The summed E-state index contributed by atoms with van der Waals surface area (Å²) < 4.78 is 0. The molecule has 2 N–H and O–H groups in total. The number of carbonyl (C=O) groups is 1. The predicted molar refractivity (Wildman–Crippen MR) is 122 cm³/mol. The zero-order valence-electron chi connectivity index (χ0n) is 17.7. The lowest BCUT2D eigenvalue weighted by Crippen LogP contribution is -2.42. The maximum Gasteiger partial charge on any atom is 0.227 e. The number of carbonyl (C=O) groups excluding carboxylic acids is 1. The number of amides is 1. The monoisotopic (exact) mass is 405 g/mol. The molecule has 0 radical (unpaired) electrons. The number of hydrogen-bond acceptors (Lipinski definition) is 3. The molecule has 0 aliphatic carbocycles. The van der Waals surface area contributed by atoms with Crippen molar-refractivity contribution in [2.24, 2.45) is 4.99 Å². The van der Waals surface area contributed by atoms with Crippen molar-refractivity contribution in [3.8, 4) is 0 Å². The van der Waals surface area contributed by atoms with Crippen molar-refractivity contribution in [1.29, 1.82) is 0 Å². The Kier molecular flexibility index (Phi) is 6.64. The SMILES string of the molecule is CN=C(NCCN1CCc2ccccc2C1)NCc1ccc(N2CCCC2=O)cc1. The third-order valence-electron chi connectivity index (χ3n) is 5.94. The van der Waals surface area contributed by atoms with Crippen LogP contribution in [-0.4, -0.2) is 50.0 Å². The van der Waals surface area contributed by atoms with E-state index in [1.807, 2.05) is 17.0 Å². The summed E-state index contributed by atoms with van der Waals surface area (Å²) >= 11 is 0. The number of fused-ring (bicyclic) bond motifs is 1. The van der Waals surface area contributed by atoms with E-state index in [1.165, 1.54) is 16.7 Å². The van der Waals surface area contributed by atoms with Gasteiger partial charge in [0.1, 0.15) is 0 Å². The number of aliphatic imine (C=N–C) groups is 1. The minimum Gasteiger partial charge on any atom is -0.355 e. The van der Waals surface area contributed by atoms with E-state index >= 15 is 0 Å². The van der Waals surface area contributed by atoms with Crippen molar-refractivity contribution in [3.05, 3.63) is 65.2 Å². The van der Waals surface area contributed by atoms with Gasteiger partial charge in [-0.3, -0.25) is 14.7 Å². The molecule has 1 fully saturated rings. The Hall–Kier alpha value is -2.86. The summed E-state index contributed by atoms with van der Waals surface area (Å²) in [5.41, 5.74) is 5.09. The van der Waals surface area contributed by atoms with Crippen LogP contribution in [0.25, 0.3) is 0 Å². The largest absolute Gasteiger partial charge is 0.355 e. The first-order chi connectivity index (χ1) is 14.7. The van der Waals surface area contributed by atoms with Gasteiger partial charge in [0.25, 0.3) is 0 Å². The molecular formula is C24H31N5O. The molecule has 1 amide bonds. The summed E-state index contributed by atoms with van der Waals surface area (Å²) in [7, 11) is 1.80. The van der Waals surface area contributed by atoms with E-state index in [9.17, 15) is 4.79 Å². The normalized spacial score (nSPS) is 17.2. The Morgan fingerprint density at radius 3 is 2.53 bits per heavy atom. The van der Waals surface area contributed by atoms with Crippen molar-refractivity contribution >= 4 is 17.6 Å². The zero-order chi connectivity index (χ0) is 20.8. The summed E-state index contributed by atoms with van der Waals surface area (Å²) in [6.07, 6.45) is 2.74. The van der Waals surface area contributed by atoms with E-state index in [0.29, 0.717) is 13.0 Å². The third-order valence-corrected chi connectivity index (χ3v) is 5.94. The molecule has 0 saturated carbocycles. The molecule has 2 heterocycles. The van der Waals surface area contributed by atoms with Gasteiger partial charge in [-0.05, 0) is 41.7 Å². The molecule has 6 heteroatoms. The Morgan fingerprint density at radius 2 is 1.80 bits per heavy atom. The van der Waals surface area contributed by atoms with E-state index in [1.54, 1.807) is 7.05 Å². The van der Waals surface area contributed by atoms with Crippen molar-refractivity contribution in [1.82, 2.24) is 15.5 Å². The van der Waals surface area contributed by atoms with Gasteiger partial charge in [-0.25, -0.2) is 0 Å². The molecule has 158 valence electrons. The predicted octanol–water partition coefficient (Wildman–Crippen LogP) is 2.54. The second-order valence-corrected chi connectivity index (χ2v) is 7.96. The highest BCUT2D eigenvalue weighted by atomic mass is 16.2. The highest BCUT2D eigenvalue weighted by Gasteiger charge is 2.21. The van der Waals surface area contributed by atoms with Crippen molar-refractivity contribution in [3.63, 3.8) is 0 Å². The molecule has 0 bridgehead atoms. The number of hydrogen-bond donors (Lipinski definition) is 2. The lowest BCUT2D eigenvalue weighted by molar-refractivity contribution is -0.117. The van der Waals surface area contributed by atoms with Gasteiger partial charge in [-0.1, -0.05) is 36.4 Å². The lowest BCUT2D eigenvalue weighted by atomic mass is 10.00. The number of benzene rings is 2. The minimum atomic E-state index is 0.225. The fraction of sp³-hybridized carbons (Fsp3) is 0.417. The van der Waals surface area contributed by atoms with Crippen LogP contribution < -0.4 is 15.5 Å². The molecule has 2 aliphatic rings. The molecule has 0 unspecified atom stereocenters. The smallest absolute Gasteiger partial charge is 0.227 e. The highest BCUT2D eigenvalue weighted by Crippen LogP contribution is 2.21. The Bertz CT molecular complexity index is 893. The van der Waals surface area contributed by atoms with Gasteiger partial charge in [0.05, 0.1) is 0 Å². The number of rotatable bonds is 6. The highest BCUT2D eigenvalue weighted by molar-refractivity contribution is 5.95. The van der Waals surface area contributed by atoms with E-state index in [4.69, 9.17) is 0 Å². The standard InChI is InChI=1S/C24H31N5O/c1-25-24(26-13-16-28-15-12-20-5-2-3-6-21(20)18-28)27-17-19-8-10-22(11-9-19)29-14-4-7-23(29)30/h2-3,5-6,8-11H,4,7,12-18H2,1H3,(H2,25,26,27). The molecule has 2 aliphatic heterocycles. The first-order valence-corrected chi connectivity index (χ1v) is 10.9. The fourth-order valence-corrected chi connectivity index (χ4v) is 4.20. The Morgan fingerprint density at radius 1 is 1.00 bits per heavy atom. The average molecular weight is 406 g/mol. The molecule has 2 aromatic carbocycles. The van der Waals surface area contributed by atoms with E-state index in [0.717, 1.165) is 57.2 Å². The second kappa shape index (κ2) is 9.76. The minimum absolute atomic E-state index is 0.225. The molecule has 2 aromatic rings. The van der Waals surface area contributed by atoms with Gasteiger partial charge in [0.2, 0.25) is 5.91 Å². The van der Waals surface area contributed by atoms with Gasteiger partial charge < -0.3 is 15.5 Å². The van der Waals surface area contributed by atoms with Crippen LogP contribution in [0.5, 0.6) is 0 Å². The van der Waals surface area contributed by atoms with Gasteiger partial charge in [0, 0.05) is 58.4 Å². The van der Waals surface area contributed by atoms with Gasteiger partial charge in [0.15, 0.2) is 5.96 Å². The van der Waals surface area contributed by atoms with Gasteiger partial charge in [-0.15, -0.1) is 0 Å². The van der Waals surface area contributed by atoms with Crippen LogP contribution in [0.15, 0.2) is 53.5 Å². The van der Waals surface area contributed by atoms with Gasteiger partial charge >= 0.3 is 0 Å². The topological polar surface area (TPSA) is 60.0 Å². The second-order valence-electron chi connectivity index (χ2n) is 7.96. The number of guanidine groups is 1. The van der Waals surface area contributed by atoms with Crippen molar-refractivity contribution < 1.29 is 4.79 Å². The van der Waals surface area contributed by atoms with Crippen molar-refractivity contribution in [2.75, 3.05) is 38.1 Å². The maximum atomic E-state index is 11.9. The lowest BCUT2D eigenvalue weighted by Gasteiger charge is -2.28. The summed E-state index contributed by atoms with van der Waals surface area (Å²) in [6.45, 7) is 5.51. The number of nitrogens with one attached hydrogen (secondary N) is 2. The Labute approximate surface area is 179 Å². The summed E-state index contributed by atoms with van der Waals surface area (Å²) in [5, 5.41) is 6.79. The Balaban J connectivity index is 1.20. The van der Waals surface area contributed by atoms with Crippen LogP contribution in [0, 0.1) is 0 Å². The van der Waals surface area contributed by atoms with Crippen LogP contribution in [0.4, 0.5) is 5.69 Å². The van der Waals surface area contributed by atoms with E-state index < -0.39 is 0 Å². The molecule has 6 nitrogen and oxygen atoms in total. The summed E-state index contributed by atoms with van der Waals surface area (Å²) in [4.78, 5) is 20.6. The first kappa shape index (κ1) is 20.4. The van der Waals surface area contributed by atoms with Crippen LogP contribution in [-0.2, 0) is 24.3 Å². The van der Waals surface area contributed by atoms with Crippen LogP contribution in [0.3, 0.4) is 0 Å². The third kappa shape index (κ3) is 5.00. The van der Waals surface area contributed by atoms with E-state index in [2.05, 4.69) is 56.9 Å². The molecule has 0 atom stereocenters.